The first-order chi connectivity index (χ1) is 8.29. The van der Waals surface area contributed by atoms with Gasteiger partial charge in [0, 0.05) is 37.7 Å². The van der Waals surface area contributed by atoms with Crippen LogP contribution < -0.4 is 5.32 Å². The third-order valence-electron chi connectivity index (χ3n) is 2.54. The van der Waals surface area contributed by atoms with E-state index in [0.29, 0.717) is 6.54 Å². The van der Waals surface area contributed by atoms with E-state index in [9.17, 15) is 0 Å². The third-order valence-corrected chi connectivity index (χ3v) is 2.54. The summed E-state index contributed by atoms with van der Waals surface area (Å²) in [5.74, 6) is 0.814. The lowest BCUT2D eigenvalue weighted by Crippen LogP contribution is -2.15. The molecule has 0 saturated carbocycles. The van der Waals surface area contributed by atoms with Gasteiger partial charge >= 0.3 is 0 Å². The van der Waals surface area contributed by atoms with Crippen molar-refractivity contribution in [3.05, 3.63) is 41.7 Å². The van der Waals surface area contributed by atoms with Crippen LogP contribution in [0.3, 0.4) is 0 Å². The highest BCUT2D eigenvalue weighted by Gasteiger charge is 2.05. The Morgan fingerprint density at radius 3 is 2.71 bits per heavy atom. The highest BCUT2D eigenvalue weighted by molar-refractivity contribution is 5.16. The highest BCUT2D eigenvalue weighted by atomic mass is 15.3. The van der Waals surface area contributed by atoms with Crippen molar-refractivity contribution in [1.82, 2.24) is 25.1 Å². The van der Waals surface area contributed by atoms with E-state index >= 15 is 0 Å². The van der Waals surface area contributed by atoms with Gasteiger partial charge in [0.25, 0.3) is 0 Å². The Morgan fingerprint density at radius 2 is 2.00 bits per heavy atom. The molecule has 0 aliphatic heterocycles. The molecule has 2 heterocycles. The van der Waals surface area contributed by atoms with E-state index in [4.69, 9.17) is 0 Å². The van der Waals surface area contributed by atoms with Crippen molar-refractivity contribution in [2.45, 2.75) is 26.4 Å². The van der Waals surface area contributed by atoms with E-state index in [1.165, 1.54) is 5.56 Å². The van der Waals surface area contributed by atoms with Gasteiger partial charge in [0.2, 0.25) is 0 Å². The van der Waals surface area contributed by atoms with Crippen LogP contribution in [0.1, 0.15) is 24.0 Å². The summed E-state index contributed by atoms with van der Waals surface area (Å²) in [5.41, 5.74) is 2.39. The van der Waals surface area contributed by atoms with Gasteiger partial charge < -0.3 is 5.32 Å². The molecule has 0 aliphatic carbocycles. The Balaban J connectivity index is 1.90. The fraction of sp³-hybridized carbons (Fsp3) is 0.417. The molecule has 0 spiro atoms. The van der Waals surface area contributed by atoms with Crippen LogP contribution in [0.2, 0.25) is 0 Å². The Labute approximate surface area is 101 Å². The number of aryl methyl sites for hydroxylation is 2. The van der Waals surface area contributed by atoms with E-state index < -0.39 is 0 Å². The molecule has 2 aromatic heterocycles. The number of hydrogen-bond acceptors (Lipinski definition) is 4. The topological polar surface area (TPSA) is 55.6 Å². The highest BCUT2D eigenvalue weighted by Crippen LogP contribution is 2.06. The monoisotopic (exact) mass is 231 g/mol. The van der Waals surface area contributed by atoms with Gasteiger partial charge in [0.1, 0.15) is 5.82 Å². The van der Waals surface area contributed by atoms with Crippen molar-refractivity contribution in [2.75, 3.05) is 0 Å². The Kier molecular flexibility index (Phi) is 3.82. The molecule has 0 unspecified atom stereocenters. The summed E-state index contributed by atoms with van der Waals surface area (Å²) in [4.78, 5) is 8.33. The second kappa shape index (κ2) is 5.54. The maximum Gasteiger partial charge on any atom is 0.141 e. The molecule has 0 bridgehead atoms. The smallest absolute Gasteiger partial charge is 0.141 e. The van der Waals surface area contributed by atoms with E-state index in [1.54, 1.807) is 12.4 Å². The quantitative estimate of drug-likeness (QED) is 0.836. The van der Waals surface area contributed by atoms with Gasteiger partial charge in [-0.1, -0.05) is 6.92 Å². The maximum absolute atomic E-state index is 4.40. The minimum absolute atomic E-state index is 0.679. The summed E-state index contributed by atoms with van der Waals surface area (Å²) in [5, 5.41) is 7.73. The third kappa shape index (κ3) is 3.10. The van der Waals surface area contributed by atoms with Crippen molar-refractivity contribution >= 4 is 0 Å². The lowest BCUT2D eigenvalue weighted by Gasteiger charge is -2.02. The summed E-state index contributed by atoms with van der Waals surface area (Å²) in [6, 6.07) is 1.82. The van der Waals surface area contributed by atoms with Crippen LogP contribution in [0, 0.1) is 0 Å². The predicted octanol–water partition coefficient (Wildman–Crippen LogP) is 1.06. The van der Waals surface area contributed by atoms with E-state index in [2.05, 4.69) is 33.5 Å². The Bertz CT molecular complexity index is 463. The van der Waals surface area contributed by atoms with Crippen LogP contribution in [-0.4, -0.2) is 19.7 Å². The van der Waals surface area contributed by atoms with Crippen LogP contribution in [0.25, 0.3) is 0 Å². The summed E-state index contributed by atoms with van der Waals surface area (Å²) < 4.78 is 1.86. The molecular formula is C12H17N5. The first-order valence-corrected chi connectivity index (χ1v) is 5.77. The lowest BCUT2D eigenvalue weighted by molar-refractivity contribution is 0.658. The number of hydrogen-bond donors (Lipinski definition) is 1. The predicted molar refractivity (Wildman–Crippen MR) is 65.2 cm³/mol. The fourth-order valence-corrected chi connectivity index (χ4v) is 1.76. The number of rotatable bonds is 5. The first-order valence-electron chi connectivity index (χ1n) is 5.77. The van der Waals surface area contributed by atoms with Gasteiger partial charge in [-0.15, -0.1) is 0 Å². The molecule has 5 heteroatoms. The Morgan fingerprint density at radius 1 is 1.24 bits per heavy atom. The molecule has 0 aromatic carbocycles. The van der Waals surface area contributed by atoms with Crippen molar-refractivity contribution in [2.24, 2.45) is 7.05 Å². The van der Waals surface area contributed by atoms with Gasteiger partial charge in [0.15, 0.2) is 0 Å². The summed E-state index contributed by atoms with van der Waals surface area (Å²) in [6.45, 7) is 3.60. The molecule has 5 nitrogen and oxygen atoms in total. The lowest BCUT2D eigenvalue weighted by atomic mass is 10.2. The minimum Gasteiger partial charge on any atom is -0.306 e. The zero-order valence-corrected chi connectivity index (χ0v) is 10.2. The first kappa shape index (κ1) is 11.7. The molecule has 0 saturated heterocycles. The van der Waals surface area contributed by atoms with Gasteiger partial charge in [0.05, 0.1) is 12.2 Å². The molecule has 0 aliphatic rings. The van der Waals surface area contributed by atoms with Crippen LogP contribution in [0.15, 0.2) is 24.7 Å². The van der Waals surface area contributed by atoms with Gasteiger partial charge in [-0.3, -0.25) is 4.68 Å². The van der Waals surface area contributed by atoms with Gasteiger partial charge in [-0.25, -0.2) is 9.97 Å². The second-order valence-electron chi connectivity index (χ2n) is 3.90. The van der Waals surface area contributed by atoms with E-state index in [-0.39, 0.29) is 0 Å². The number of aromatic nitrogens is 4. The largest absolute Gasteiger partial charge is 0.306 e. The van der Waals surface area contributed by atoms with Crippen LogP contribution >= 0.6 is 0 Å². The fourth-order valence-electron chi connectivity index (χ4n) is 1.76. The molecule has 1 N–H and O–H groups in total. The van der Waals surface area contributed by atoms with E-state index in [1.807, 2.05) is 17.8 Å². The summed E-state index contributed by atoms with van der Waals surface area (Å²) in [7, 11) is 1.95. The van der Waals surface area contributed by atoms with Crippen LogP contribution in [-0.2, 0) is 26.6 Å². The standard InChI is InChI=1S/C12H17N5/c1-3-11-10(9-17(2)16-11)7-13-8-12-14-5-4-6-15-12/h4-6,9,13H,3,7-8H2,1-2H3. The SMILES string of the molecule is CCc1nn(C)cc1CNCc1ncccn1. The normalized spacial score (nSPS) is 10.7. The summed E-state index contributed by atoms with van der Waals surface area (Å²) >= 11 is 0. The van der Waals surface area contributed by atoms with Crippen molar-refractivity contribution in [3.63, 3.8) is 0 Å². The average Bonchev–Trinajstić information content (AvgIpc) is 2.71. The van der Waals surface area contributed by atoms with Gasteiger partial charge in [-0.05, 0) is 12.5 Å². The van der Waals surface area contributed by atoms with Crippen LogP contribution in [0.5, 0.6) is 0 Å². The van der Waals surface area contributed by atoms with Crippen LogP contribution in [0.4, 0.5) is 0 Å². The molecular weight excluding hydrogens is 214 g/mol. The zero-order chi connectivity index (χ0) is 12.1. The molecule has 0 atom stereocenters. The molecule has 2 aromatic rings. The van der Waals surface area contributed by atoms with Crippen molar-refractivity contribution in [3.8, 4) is 0 Å². The average molecular weight is 231 g/mol. The Hall–Kier alpha value is -1.75. The zero-order valence-electron chi connectivity index (χ0n) is 10.2. The second-order valence-corrected chi connectivity index (χ2v) is 3.90. The molecule has 0 amide bonds. The van der Waals surface area contributed by atoms with Gasteiger partial charge in [-0.2, -0.15) is 5.10 Å². The molecule has 17 heavy (non-hydrogen) atoms. The minimum atomic E-state index is 0.679. The molecule has 0 radical (unpaired) electrons. The van der Waals surface area contributed by atoms with Crippen molar-refractivity contribution < 1.29 is 0 Å². The number of nitrogens with one attached hydrogen (secondary N) is 1. The maximum atomic E-state index is 4.40. The molecule has 0 fully saturated rings. The number of nitrogens with zero attached hydrogens (tertiary/aromatic N) is 4. The molecule has 2 rings (SSSR count). The molecule has 90 valence electrons. The van der Waals surface area contributed by atoms with E-state index in [0.717, 1.165) is 24.5 Å². The van der Waals surface area contributed by atoms with Crippen molar-refractivity contribution in [1.29, 1.82) is 0 Å². The summed E-state index contributed by atoms with van der Waals surface area (Å²) in [6.07, 6.45) is 6.52.